The van der Waals surface area contributed by atoms with Crippen molar-refractivity contribution in [1.82, 2.24) is 10.2 Å². The molecule has 43 heavy (non-hydrogen) atoms. The molecule has 0 aromatic heterocycles. The Morgan fingerprint density at radius 2 is 1.56 bits per heavy atom. The number of nitrogens with one attached hydrogen (secondary N) is 1. The normalized spacial score (nSPS) is 14.5. The van der Waals surface area contributed by atoms with Crippen LogP contribution in [0.25, 0.3) is 0 Å². The van der Waals surface area contributed by atoms with E-state index in [0.717, 1.165) is 48.2 Å². The number of nitrogens with zero attached hydrogens (tertiary/aromatic N) is 2. The van der Waals surface area contributed by atoms with Gasteiger partial charge in [0.25, 0.3) is 0 Å². The molecule has 0 unspecified atom stereocenters. The van der Waals surface area contributed by atoms with Gasteiger partial charge in [-0.05, 0) is 42.7 Å². The van der Waals surface area contributed by atoms with Gasteiger partial charge in [-0.1, -0.05) is 91.0 Å². The molecule has 0 radical (unpaired) electrons. The molecule has 3 aromatic carbocycles. The van der Waals surface area contributed by atoms with Crippen LogP contribution in [0.1, 0.15) is 43.2 Å². The van der Waals surface area contributed by atoms with Crippen molar-refractivity contribution in [2.75, 3.05) is 24.2 Å². The van der Waals surface area contributed by atoms with Crippen LogP contribution in [0.3, 0.4) is 0 Å². The van der Waals surface area contributed by atoms with Gasteiger partial charge in [-0.15, -0.1) is 0 Å². The Labute approximate surface area is 264 Å². The zero-order valence-electron chi connectivity index (χ0n) is 24.3. The highest BCUT2D eigenvalue weighted by Crippen LogP contribution is 2.31. The third-order valence-electron chi connectivity index (χ3n) is 7.65. The van der Waals surface area contributed by atoms with Crippen LogP contribution in [-0.2, 0) is 32.6 Å². The lowest BCUT2D eigenvalue weighted by molar-refractivity contribution is -0.140. The van der Waals surface area contributed by atoms with Crippen LogP contribution in [0.2, 0.25) is 10.0 Å². The lowest BCUT2D eigenvalue weighted by atomic mass is 9.94. The van der Waals surface area contributed by atoms with Crippen LogP contribution in [0.15, 0.2) is 72.8 Å². The molecule has 2 amide bonds. The first kappa shape index (κ1) is 32.6. The van der Waals surface area contributed by atoms with Crippen LogP contribution in [0.5, 0.6) is 5.75 Å². The first-order valence-corrected chi connectivity index (χ1v) is 16.9. The molecule has 1 saturated carbocycles. The van der Waals surface area contributed by atoms with Crippen molar-refractivity contribution in [1.29, 1.82) is 0 Å². The van der Waals surface area contributed by atoms with Gasteiger partial charge >= 0.3 is 0 Å². The second-order valence-electron chi connectivity index (χ2n) is 10.7. The Morgan fingerprint density at radius 3 is 2.19 bits per heavy atom. The molecule has 3 aromatic rings. The van der Waals surface area contributed by atoms with E-state index in [9.17, 15) is 18.0 Å². The molecule has 4 rings (SSSR count). The van der Waals surface area contributed by atoms with E-state index < -0.39 is 28.5 Å². The van der Waals surface area contributed by atoms with E-state index in [1.54, 1.807) is 42.5 Å². The number of benzene rings is 3. The number of rotatable bonds is 12. The number of para-hydroxylation sites is 2. The summed E-state index contributed by atoms with van der Waals surface area (Å²) >= 11 is 13.1. The largest absolute Gasteiger partial charge is 0.495 e. The predicted octanol–water partition coefficient (Wildman–Crippen LogP) is 5.86. The molecular formula is C32H37Cl2N3O5S. The summed E-state index contributed by atoms with van der Waals surface area (Å²) in [5.74, 6) is -0.611. The van der Waals surface area contributed by atoms with Crippen molar-refractivity contribution in [3.8, 4) is 5.75 Å². The molecule has 11 heteroatoms. The number of carbonyl (C=O) groups excluding carboxylic acids is 2. The summed E-state index contributed by atoms with van der Waals surface area (Å²) < 4.78 is 32.5. The summed E-state index contributed by atoms with van der Waals surface area (Å²) in [6.45, 7) is -0.667. The fraction of sp³-hybridized carbons (Fsp3) is 0.375. The highest BCUT2D eigenvalue weighted by molar-refractivity contribution is 7.92. The SMILES string of the molecule is COc1ccccc1N(CC(=O)N(Cc1c(Cl)cccc1Cl)[C@H](Cc1ccccc1)C(=O)NC1CCCCC1)S(C)(=O)=O. The Morgan fingerprint density at radius 1 is 0.930 bits per heavy atom. The van der Waals surface area contributed by atoms with E-state index in [1.807, 2.05) is 30.3 Å². The molecule has 0 bridgehead atoms. The van der Waals surface area contributed by atoms with Gasteiger partial charge in [-0.2, -0.15) is 0 Å². The number of amides is 2. The van der Waals surface area contributed by atoms with Gasteiger partial charge in [0.05, 0.1) is 19.1 Å². The number of anilines is 1. The predicted molar refractivity (Wildman–Crippen MR) is 171 cm³/mol. The summed E-state index contributed by atoms with van der Waals surface area (Å²) in [6, 6.07) is 20.0. The minimum Gasteiger partial charge on any atom is -0.495 e. The van der Waals surface area contributed by atoms with Gasteiger partial charge in [-0.3, -0.25) is 13.9 Å². The maximum Gasteiger partial charge on any atom is 0.244 e. The Hall–Kier alpha value is -3.27. The van der Waals surface area contributed by atoms with E-state index in [2.05, 4.69) is 5.32 Å². The van der Waals surface area contributed by atoms with Crippen molar-refractivity contribution < 1.29 is 22.7 Å². The summed E-state index contributed by atoms with van der Waals surface area (Å²) in [4.78, 5) is 29.8. The van der Waals surface area contributed by atoms with Crippen LogP contribution in [0.4, 0.5) is 5.69 Å². The fourth-order valence-electron chi connectivity index (χ4n) is 5.38. The minimum atomic E-state index is -3.94. The quantitative estimate of drug-likeness (QED) is 0.266. The van der Waals surface area contributed by atoms with Gasteiger partial charge in [0.15, 0.2) is 0 Å². The van der Waals surface area contributed by atoms with Crippen molar-refractivity contribution in [3.05, 3.63) is 94.0 Å². The summed E-state index contributed by atoms with van der Waals surface area (Å²) in [6.07, 6.45) is 6.13. The standard InChI is InChI=1S/C32H37Cl2N3O5S/c1-42-30-19-10-9-18-28(30)37(43(2,40)41)22-31(38)36(21-25-26(33)16-11-17-27(25)34)29(20-23-12-5-3-6-13-23)32(39)35-24-14-7-4-8-15-24/h3,5-6,9-13,16-19,24,29H,4,7-8,14-15,20-22H2,1-2H3,(H,35,39)/t29-/m1/s1. The Kier molecular flexibility index (Phi) is 11.3. The average Bonchev–Trinajstić information content (AvgIpc) is 2.99. The number of carbonyl (C=O) groups is 2. The number of halogens is 2. The van der Waals surface area contributed by atoms with Crippen LogP contribution in [0, 0.1) is 0 Å². The third-order valence-corrected chi connectivity index (χ3v) is 9.48. The van der Waals surface area contributed by atoms with Crippen LogP contribution >= 0.6 is 23.2 Å². The number of methoxy groups -OCH3 is 1. The van der Waals surface area contributed by atoms with Crippen LogP contribution < -0.4 is 14.4 Å². The second kappa shape index (κ2) is 14.9. The van der Waals surface area contributed by atoms with E-state index in [-0.39, 0.29) is 36.4 Å². The number of hydrogen-bond donors (Lipinski definition) is 1. The van der Waals surface area contributed by atoms with Gasteiger partial charge in [0, 0.05) is 34.6 Å². The zero-order valence-corrected chi connectivity index (χ0v) is 26.7. The van der Waals surface area contributed by atoms with Crippen molar-refractivity contribution in [2.45, 2.75) is 57.2 Å². The molecule has 0 aliphatic heterocycles. The Balaban J connectivity index is 1.77. The number of ether oxygens (including phenoxy) is 1. The van der Waals surface area contributed by atoms with E-state index in [1.165, 1.54) is 12.0 Å². The third kappa shape index (κ3) is 8.65. The van der Waals surface area contributed by atoms with Gasteiger partial charge in [0.1, 0.15) is 18.3 Å². The van der Waals surface area contributed by atoms with Crippen molar-refractivity contribution in [2.24, 2.45) is 0 Å². The second-order valence-corrected chi connectivity index (χ2v) is 13.4. The number of hydrogen-bond acceptors (Lipinski definition) is 5. The van der Waals surface area contributed by atoms with Crippen molar-refractivity contribution in [3.63, 3.8) is 0 Å². The van der Waals surface area contributed by atoms with Crippen molar-refractivity contribution >= 4 is 50.7 Å². The zero-order chi connectivity index (χ0) is 31.0. The highest BCUT2D eigenvalue weighted by atomic mass is 35.5. The van der Waals surface area contributed by atoms with Gasteiger partial charge < -0.3 is 15.0 Å². The van der Waals surface area contributed by atoms with Crippen LogP contribution in [-0.4, -0.2) is 57.1 Å². The van der Waals surface area contributed by atoms with E-state index >= 15 is 0 Å². The van der Waals surface area contributed by atoms with Gasteiger partial charge in [0.2, 0.25) is 21.8 Å². The smallest absolute Gasteiger partial charge is 0.244 e. The summed E-state index contributed by atoms with van der Waals surface area (Å²) in [5, 5.41) is 3.84. The molecule has 1 aliphatic rings. The molecule has 1 fully saturated rings. The van der Waals surface area contributed by atoms with E-state index in [0.29, 0.717) is 15.6 Å². The average molecular weight is 647 g/mol. The Bertz CT molecular complexity index is 1490. The fourth-order valence-corrected chi connectivity index (χ4v) is 6.75. The maximum atomic E-state index is 14.3. The lowest BCUT2D eigenvalue weighted by Gasteiger charge is -2.35. The topological polar surface area (TPSA) is 96.0 Å². The molecule has 0 heterocycles. The van der Waals surface area contributed by atoms with Gasteiger partial charge in [-0.25, -0.2) is 8.42 Å². The molecule has 8 nitrogen and oxygen atoms in total. The molecule has 1 atom stereocenters. The highest BCUT2D eigenvalue weighted by Gasteiger charge is 2.35. The molecule has 1 N–H and O–H groups in total. The summed E-state index contributed by atoms with van der Waals surface area (Å²) in [7, 11) is -2.51. The minimum absolute atomic E-state index is 0.00137. The molecule has 0 saturated heterocycles. The lowest BCUT2D eigenvalue weighted by Crippen LogP contribution is -2.55. The monoisotopic (exact) mass is 645 g/mol. The summed E-state index contributed by atoms with van der Waals surface area (Å²) in [5.41, 5.74) is 1.52. The molecular weight excluding hydrogens is 609 g/mol. The maximum absolute atomic E-state index is 14.3. The molecule has 0 spiro atoms. The molecule has 1 aliphatic carbocycles. The first-order chi connectivity index (χ1) is 20.6. The molecule has 230 valence electrons. The van der Waals surface area contributed by atoms with E-state index in [4.69, 9.17) is 27.9 Å². The first-order valence-electron chi connectivity index (χ1n) is 14.3. The number of sulfonamides is 1.